The Kier molecular flexibility index (Phi) is 7.82. The first-order chi connectivity index (χ1) is 19.2. The van der Waals surface area contributed by atoms with Gasteiger partial charge in [0, 0.05) is 5.70 Å². The maximum absolute atomic E-state index is 9.79. The number of benzene rings is 5. The van der Waals surface area contributed by atoms with E-state index in [9.17, 15) is 5.26 Å². The molecule has 0 saturated heterocycles. The van der Waals surface area contributed by atoms with E-state index in [-0.39, 0.29) is 0 Å². The predicted molar refractivity (Wildman–Crippen MR) is 158 cm³/mol. The minimum Gasteiger partial charge on any atom is -0.457 e. The van der Waals surface area contributed by atoms with Crippen LogP contribution < -0.4 is 15.2 Å². The van der Waals surface area contributed by atoms with Gasteiger partial charge in [-0.15, -0.1) is 0 Å². The van der Waals surface area contributed by atoms with E-state index in [2.05, 4.69) is 6.07 Å². The summed E-state index contributed by atoms with van der Waals surface area (Å²) in [4.78, 5) is 0. The third-order valence-electron chi connectivity index (χ3n) is 6.00. The fraction of sp³-hybridized carbons (Fsp3) is 0. The van der Waals surface area contributed by atoms with Gasteiger partial charge >= 0.3 is 0 Å². The van der Waals surface area contributed by atoms with Gasteiger partial charge in [-0.25, -0.2) is 0 Å². The highest BCUT2D eigenvalue weighted by molar-refractivity contribution is 5.90. The van der Waals surface area contributed by atoms with Gasteiger partial charge in [0.2, 0.25) is 0 Å². The van der Waals surface area contributed by atoms with Gasteiger partial charge in [0.1, 0.15) is 23.0 Å². The van der Waals surface area contributed by atoms with Gasteiger partial charge in [-0.1, -0.05) is 84.9 Å². The Balaban J connectivity index is 1.25. The monoisotopic (exact) mass is 506 g/mol. The van der Waals surface area contributed by atoms with Gasteiger partial charge in [0.25, 0.3) is 0 Å². The van der Waals surface area contributed by atoms with E-state index < -0.39 is 0 Å². The van der Waals surface area contributed by atoms with E-state index in [1.807, 2.05) is 146 Å². The number of rotatable bonds is 8. The molecule has 0 aliphatic heterocycles. The molecule has 0 bridgehead atoms. The molecule has 0 spiro atoms. The number of hydrogen-bond donors (Lipinski definition) is 1. The van der Waals surface area contributed by atoms with Crippen LogP contribution >= 0.6 is 0 Å². The van der Waals surface area contributed by atoms with Gasteiger partial charge in [0.15, 0.2) is 0 Å². The van der Waals surface area contributed by atoms with E-state index >= 15 is 0 Å². The number of nitrogens with zero attached hydrogens (tertiary/aromatic N) is 1. The van der Waals surface area contributed by atoms with Crippen LogP contribution in [-0.4, -0.2) is 0 Å². The van der Waals surface area contributed by atoms with E-state index in [0.29, 0.717) is 11.3 Å². The van der Waals surface area contributed by atoms with Crippen LogP contribution in [0.4, 0.5) is 0 Å². The maximum Gasteiger partial charge on any atom is 0.127 e. The normalized spacial score (nSPS) is 11.5. The van der Waals surface area contributed by atoms with Crippen molar-refractivity contribution in [1.29, 1.82) is 5.26 Å². The molecular weight excluding hydrogens is 480 g/mol. The van der Waals surface area contributed by atoms with Crippen molar-refractivity contribution >= 4 is 23.4 Å². The van der Waals surface area contributed by atoms with E-state index in [1.54, 1.807) is 0 Å². The number of nitrogens with two attached hydrogens (primary N) is 1. The molecule has 0 aliphatic rings. The first-order valence-electron chi connectivity index (χ1n) is 12.5. The van der Waals surface area contributed by atoms with Crippen molar-refractivity contribution in [2.24, 2.45) is 5.73 Å². The minimum absolute atomic E-state index is 0.565. The fourth-order valence-electron chi connectivity index (χ4n) is 3.97. The van der Waals surface area contributed by atoms with Crippen molar-refractivity contribution in [2.45, 2.75) is 0 Å². The second kappa shape index (κ2) is 12.1. The highest BCUT2D eigenvalue weighted by Crippen LogP contribution is 2.25. The molecule has 0 fully saturated rings. The molecule has 4 heteroatoms. The average molecular weight is 507 g/mol. The Morgan fingerprint density at radius 1 is 0.513 bits per heavy atom. The molecule has 0 unspecified atom stereocenters. The van der Waals surface area contributed by atoms with Gasteiger partial charge in [0.05, 0.1) is 11.6 Å². The van der Waals surface area contributed by atoms with Crippen molar-refractivity contribution in [1.82, 2.24) is 0 Å². The molecule has 0 atom stereocenters. The zero-order chi connectivity index (χ0) is 26.9. The molecule has 0 saturated carbocycles. The molecule has 0 heterocycles. The Labute approximate surface area is 228 Å². The molecular formula is C35H26N2O2. The summed E-state index contributed by atoms with van der Waals surface area (Å²) in [6, 6.07) is 44.7. The van der Waals surface area contributed by atoms with Crippen molar-refractivity contribution in [3.8, 4) is 29.1 Å². The van der Waals surface area contributed by atoms with E-state index in [0.717, 1.165) is 45.3 Å². The molecule has 0 amide bonds. The fourth-order valence-corrected chi connectivity index (χ4v) is 3.97. The first-order valence-corrected chi connectivity index (χ1v) is 12.5. The van der Waals surface area contributed by atoms with Gasteiger partial charge in [-0.2, -0.15) is 5.26 Å². The third-order valence-corrected chi connectivity index (χ3v) is 6.00. The summed E-state index contributed by atoms with van der Waals surface area (Å²) in [5.41, 5.74) is 11.2. The Morgan fingerprint density at radius 2 is 0.923 bits per heavy atom. The highest BCUT2D eigenvalue weighted by Gasteiger charge is 2.05. The number of nitriles is 1. The van der Waals surface area contributed by atoms with E-state index in [1.165, 1.54) is 0 Å². The molecule has 39 heavy (non-hydrogen) atoms. The number of ether oxygens (including phenoxy) is 2. The topological polar surface area (TPSA) is 68.3 Å². The van der Waals surface area contributed by atoms with Crippen molar-refractivity contribution < 1.29 is 9.47 Å². The number of hydrogen-bond acceptors (Lipinski definition) is 4. The largest absolute Gasteiger partial charge is 0.457 e. The quantitative estimate of drug-likeness (QED) is 0.169. The molecule has 0 aromatic heterocycles. The van der Waals surface area contributed by atoms with Crippen LogP contribution in [0.2, 0.25) is 0 Å². The lowest BCUT2D eigenvalue weighted by Gasteiger charge is -2.07. The van der Waals surface area contributed by atoms with Crippen molar-refractivity contribution in [2.75, 3.05) is 0 Å². The third kappa shape index (κ3) is 6.82. The lowest BCUT2D eigenvalue weighted by molar-refractivity contribution is 0.482. The predicted octanol–water partition coefficient (Wildman–Crippen LogP) is 8.79. The van der Waals surface area contributed by atoms with Crippen molar-refractivity contribution in [3.63, 3.8) is 0 Å². The molecule has 0 radical (unpaired) electrons. The van der Waals surface area contributed by atoms with Gasteiger partial charge in [-0.05, 0) is 82.9 Å². The SMILES string of the molecule is N#C/C(=C\c1ccc(Oc2ccccc2)cc1)c1ccc(/C(N)=C/c2ccc(Oc3ccccc3)cc2)cc1. The lowest BCUT2D eigenvalue weighted by Crippen LogP contribution is -1.96. The van der Waals surface area contributed by atoms with Crippen LogP contribution in [0, 0.1) is 11.3 Å². The van der Waals surface area contributed by atoms with Crippen LogP contribution in [0.1, 0.15) is 22.3 Å². The lowest BCUT2D eigenvalue weighted by atomic mass is 10.0. The van der Waals surface area contributed by atoms with E-state index in [4.69, 9.17) is 15.2 Å². The second-order valence-corrected chi connectivity index (χ2v) is 8.82. The van der Waals surface area contributed by atoms with Crippen molar-refractivity contribution in [3.05, 3.63) is 156 Å². The molecule has 5 aromatic carbocycles. The molecule has 4 nitrogen and oxygen atoms in total. The summed E-state index contributed by atoms with van der Waals surface area (Å²) in [6.07, 6.45) is 3.78. The summed E-state index contributed by atoms with van der Waals surface area (Å²) < 4.78 is 11.7. The Morgan fingerprint density at radius 3 is 1.38 bits per heavy atom. The molecule has 5 rings (SSSR count). The maximum atomic E-state index is 9.79. The molecule has 0 aliphatic carbocycles. The summed E-state index contributed by atoms with van der Waals surface area (Å²) in [6.45, 7) is 0. The minimum atomic E-state index is 0.565. The van der Waals surface area contributed by atoms with Crippen LogP contribution in [0.5, 0.6) is 23.0 Å². The highest BCUT2D eigenvalue weighted by atomic mass is 16.5. The summed E-state index contributed by atoms with van der Waals surface area (Å²) >= 11 is 0. The summed E-state index contributed by atoms with van der Waals surface area (Å²) in [5, 5.41) is 9.79. The number of allylic oxidation sites excluding steroid dienone is 1. The first kappa shape index (κ1) is 25.1. The van der Waals surface area contributed by atoms with Gasteiger partial charge in [-0.3, -0.25) is 0 Å². The summed E-state index contributed by atoms with van der Waals surface area (Å²) in [5.74, 6) is 3.07. The van der Waals surface area contributed by atoms with Crippen LogP contribution in [0.15, 0.2) is 133 Å². The van der Waals surface area contributed by atoms with Gasteiger partial charge < -0.3 is 15.2 Å². The second-order valence-electron chi connectivity index (χ2n) is 8.82. The standard InChI is InChI=1S/C35H26N2O2/c36-25-30(23-26-11-19-33(20-12-26)38-31-7-3-1-4-8-31)28-15-17-29(18-16-28)35(37)24-27-13-21-34(22-14-27)39-32-9-5-2-6-10-32/h1-24H,37H2/b30-23+,35-24-. The average Bonchev–Trinajstić information content (AvgIpc) is 2.99. The smallest absolute Gasteiger partial charge is 0.127 e. The zero-order valence-corrected chi connectivity index (χ0v) is 21.2. The van der Waals surface area contributed by atoms with Crippen LogP contribution in [-0.2, 0) is 0 Å². The summed E-state index contributed by atoms with van der Waals surface area (Å²) in [7, 11) is 0. The number of para-hydroxylation sites is 2. The van der Waals surface area contributed by atoms with Crippen LogP contribution in [0.25, 0.3) is 23.4 Å². The molecule has 5 aromatic rings. The Hall–Kier alpha value is -5.53. The zero-order valence-electron chi connectivity index (χ0n) is 21.2. The Bertz CT molecular complexity index is 1610. The van der Waals surface area contributed by atoms with Crippen LogP contribution in [0.3, 0.4) is 0 Å². The molecule has 2 N–H and O–H groups in total. The molecule has 188 valence electrons.